The monoisotopic (exact) mass is 256 g/mol. The van der Waals surface area contributed by atoms with E-state index in [2.05, 4.69) is 41.2 Å². The van der Waals surface area contributed by atoms with Gasteiger partial charge in [-0.2, -0.15) is 0 Å². The molecule has 0 aliphatic heterocycles. The average molecular weight is 256 g/mol. The Bertz CT molecular complexity index is 300. The van der Waals surface area contributed by atoms with Crippen LogP contribution in [0.3, 0.4) is 0 Å². The second-order valence-electron chi connectivity index (χ2n) is 4.15. The topological polar surface area (TPSA) is 41.1 Å². The van der Waals surface area contributed by atoms with Crippen LogP contribution in [0.15, 0.2) is 0 Å². The van der Waals surface area contributed by atoms with E-state index in [1.54, 1.807) is 11.3 Å². The quantitative estimate of drug-likeness (QED) is 0.737. The van der Waals surface area contributed by atoms with Crippen molar-refractivity contribution in [3.63, 3.8) is 0 Å². The Balaban J connectivity index is 2.40. The lowest BCUT2D eigenvalue weighted by molar-refractivity contribution is 0.274. The van der Waals surface area contributed by atoms with Crippen LogP contribution in [0.4, 0.5) is 5.13 Å². The highest BCUT2D eigenvalue weighted by Crippen LogP contribution is 2.16. The van der Waals surface area contributed by atoms with E-state index in [0.29, 0.717) is 0 Å². The number of nitrogens with zero attached hydrogens (tertiary/aromatic N) is 3. The molecule has 0 spiro atoms. The highest BCUT2D eigenvalue weighted by Gasteiger charge is 2.08. The molecule has 0 radical (unpaired) electrons. The van der Waals surface area contributed by atoms with Gasteiger partial charge in [0.05, 0.1) is 6.54 Å². The van der Waals surface area contributed by atoms with Gasteiger partial charge in [-0.25, -0.2) is 0 Å². The fourth-order valence-electron chi connectivity index (χ4n) is 1.54. The van der Waals surface area contributed by atoms with Gasteiger partial charge < -0.3 is 5.32 Å². The molecule has 1 aromatic heterocycles. The first-order chi connectivity index (χ1) is 8.30. The summed E-state index contributed by atoms with van der Waals surface area (Å²) in [5.41, 5.74) is 0. The van der Waals surface area contributed by atoms with E-state index in [9.17, 15) is 0 Å². The number of hydrogen-bond acceptors (Lipinski definition) is 5. The summed E-state index contributed by atoms with van der Waals surface area (Å²) in [5, 5.41) is 13.7. The maximum atomic E-state index is 4.23. The van der Waals surface area contributed by atoms with Crippen LogP contribution >= 0.6 is 11.3 Å². The van der Waals surface area contributed by atoms with Crippen molar-refractivity contribution in [1.82, 2.24) is 15.1 Å². The molecule has 0 aliphatic rings. The molecule has 1 N–H and O–H groups in total. The second-order valence-corrected chi connectivity index (χ2v) is 5.21. The first-order valence-corrected chi connectivity index (χ1v) is 7.40. The van der Waals surface area contributed by atoms with Crippen molar-refractivity contribution >= 4 is 16.5 Å². The molecule has 0 saturated heterocycles. The van der Waals surface area contributed by atoms with E-state index in [0.717, 1.165) is 42.7 Å². The Morgan fingerprint density at radius 2 is 2.00 bits per heavy atom. The number of rotatable bonds is 9. The van der Waals surface area contributed by atoms with Gasteiger partial charge in [-0.15, -0.1) is 10.2 Å². The smallest absolute Gasteiger partial charge is 0.205 e. The summed E-state index contributed by atoms with van der Waals surface area (Å²) >= 11 is 1.67. The molecular weight excluding hydrogens is 232 g/mol. The molecule has 0 saturated carbocycles. The molecule has 1 rings (SSSR count). The van der Waals surface area contributed by atoms with Crippen LogP contribution in [0.25, 0.3) is 0 Å². The number of hydrogen-bond donors (Lipinski definition) is 1. The zero-order valence-corrected chi connectivity index (χ0v) is 12.0. The van der Waals surface area contributed by atoms with Crippen LogP contribution in [0.5, 0.6) is 0 Å². The SMILES string of the molecule is CCCCN(CC)Cc1nnc(NCCC)s1. The average Bonchev–Trinajstić information content (AvgIpc) is 2.79. The molecule has 0 atom stereocenters. The van der Waals surface area contributed by atoms with Crippen LogP contribution in [-0.4, -0.2) is 34.7 Å². The standard InChI is InChI=1S/C12H24N4S/c1-4-7-9-16(6-3)10-11-14-15-12(17-11)13-8-5-2/h4-10H2,1-3H3,(H,13,15). The van der Waals surface area contributed by atoms with Gasteiger partial charge in [0.25, 0.3) is 0 Å². The second kappa shape index (κ2) is 8.42. The highest BCUT2D eigenvalue weighted by molar-refractivity contribution is 7.15. The van der Waals surface area contributed by atoms with Crippen molar-refractivity contribution in [3.8, 4) is 0 Å². The molecule has 1 heterocycles. The number of nitrogens with one attached hydrogen (secondary N) is 1. The van der Waals surface area contributed by atoms with Crippen molar-refractivity contribution in [2.24, 2.45) is 0 Å². The summed E-state index contributed by atoms with van der Waals surface area (Å²) in [5.74, 6) is 0. The van der Waals surface area contributed by atoms with Crippen molar-refractivity contribution in [2.45, 2.75) is 46.6 Å². The van der Waals surface area contributed by atoms with Crippen LogP contribution in [0.1, 0.15) is 45.0 Å². The Labute approximate surface area is 108 Å². The van der Waals surface area contributed by atoms with Crippen LogP contribution in [0, 0.1) is 0 Å². The lowest BCUT2D eigenvalue weighted by Crippen LogP contribution is -2.23. The molecule has 0 aromatic carbocycles. The van der Waals surface area contributed by atoms with Gasteiger partial charge in [-0.05, 0) is 25.9 Å². The molecule has 5 heteroatoms. The summed E-state index contributed by atoms with van der Waals surface area (Å²) in [7, 11) is 0. The fraction of sp³-hybridized carbons (Fsp3) is 0.833. The maximum absolute atomic E-state index is 4.23. The Morgan fingerprint density at radius 3 is 2.65 bits per heavy atom. The molecule has 0 bridgehead atoms. The van der Waals surface area contributed by atoms with E-state index in [-0.39, 0.29) is 0 Å². The van der Waals surface area contributed by atoms with Gasteiger partial charge >= 0.3 is 0 Å². The van der Waals surface area contributed by atoms with Crippen LogP contribution in [-0.2, 0) is 6.54 Å². The predicted molar refractivity (Wildman–Crippen MR) is 74.5 cm³/mol. The van der Waals surface area contributed by atoms with Gasteiger partial charge in [0, 0.05) is 6.54 Å². The highest BCUT2D eigenvalue weighted by atomic mass is 32.1. The summed E-state index contributed by atoms with van der Waals surface area (Å²) in [6.07, 6.45) is 3.62. The Hall–Kier alpha value is -0.680. The minimum absolute atomic E-state index is 0.933. The third-order valence-corrected chi connectivity index (χ3v) is 3.49. The van der Waals surface area contributed by atoms with Crippen molar-refractivity contribution in [2.75, 3.05) is 25.0 Å². The van der Waals surface area contributed by atoms with Crippen LogP contribution in [0.2, 0.25) is 0 Å². The largest absolute Gasteiger partial charge is 0.360 e. The molecule has 0 aliphatic carbocycles. The van der Waals surface area contributed by atoms with Gasteiger partial charge in [-0.3, -0.25) is 4.90 Å². The number of anilines is 1. The summed E-state index contributed by atoms with van der Waals surface area (Å²) in [6, 6.07) is 0. The van der Waals surface area contributed by atoms with Gasteiger partial charge in [0.2, 0.25) is 5.13 Å². The van der Waals surface area contributed by atoms with E-state index >= 15 is 0 Å². The van der Waals surface area contributed by atoms with Crippen LogP contribution < -0.4 is 5.32 Å². The van der Waals surface area contributed by atoms with Crippen molar-refractivity contribution in [1.29, 1.82) is 0 Å². The fourth-order valence-corrected chi connectivity index (χ4v) is 2.35. The molecule has 1 aromatic rings. The summed E-state index contributed by atoms with van der Waals surface area (Å²) in [4.78, 5) is 2.42. The molecule has 0 unspecified atom stereocenters. The summed E-state index contributed by atoms with van der Waals surface area (Å²) in [6.45, 7) is 10.7. The third-order valence-electron chi connectivity index (χ3n) is 2.63. The third kappa shape index (κ3) is 5.46. The molecule has 4 nitrogen and oxygen atoms in total. The predicted octanol–water partition coefficient (Wildman–Crippen LogP) is 2.98. The first kappa shape index (κ1) is 14.4. The number of unbranched alkanes of at least 4 members (excludes halogenated alkanes) is 1. The molecule has 98 valence electrons. The van der Waals surface area contributed by atoms with E-state index < -0.39 is 0 Å². The molecule has 0 amide bonds. The van der Waals surface area contributed by atoms with Gasteiger partial charge in [0.1, 0.15) is 5.01 Å². The molecule has 0 fully saturated rings. The number of aromatic nitrogens is 2. The molecule has 17 heavy (non-hydrogen) atoms. The maximum Gasteiger partial charge on any atom is 0.205 e. The van der Waals surface area contributed by atoms with Crippen molar-refractivity contribution < 1.29 is 0 Å². The van der Waals surface area contributed by atoms with Crippen molar-refractivity contribution in [3.05, 3.63) is 5.01 Å². The first-order valence-electron chi connectivity index (χ1n) is 6.58. The normalized spacial score (nSPS) is 11.1. The summed E-state index contributed by atoms with van der Waals surface area (Å²) < 4.78 is 0. The van der Waals surface area contributed by atoms with Gasteiger partial charge in [0.15, 0.2) is 0 Å². The lowest BCUT2D eigenvalue weighted by Gasteiger charge is -2.17. The van der Waals surface area contributed by atoms with Gasteiger partial charge in [-0.1, -0.05) is 38.5 Å². The van der Waals surface area contributed by atoms with E-state index in [1.165, 1.54) is 12.8 Å². The Morgan fingerprint density at radius 1 is 1.18 bits per heavy atom. The Kier molecular flexibility index (Phi) is 7.12. The minimum Gasteiger partial charge on any atom is -0.360 e. The molecular formula is C12H24N4S. The minimum atomic E-state index is 0.933. The zero-order valence-electron chi connectivity index (χ0n) is 11.2. The van der Waals surface area contributed by atoms with E-state index in [1.807, 2.05) is 0 Å². The lowest BCUT2D eigenvalue weighted by atomic mass is 10.3. The van der Waals surface area contributed by atoms with E-state index in [4.69, 9.17) is 0 Å². The zero-order chi connectivity index (χ0) is 12.5.